The van der Waals surface area contributed by atoms with E-state index in [1.165, 1.54) is 12.0 Å². The van der Waals surface area contributed by atoms with E-state index in [9.17, 15) is 0 Å². The first-order valence-electron chi connectivity index (χ1n) is 7.53. The summed E-state index contributed by atoms with van der Waals surface area (Å²) in [5, 5.41) is 7.29. The maximum absolute atomic E-state index is 5.86. The van der Waals surface area contributed by atoms with Crippen LogP contribution in [-0.2, 0) is 11.2 Å². The van der Waals surface area contributed by atoms with E-state index < -0.39 is 0 Å². The van der Waals surface area contributed by atoms with Crippen LogP contribution in [0, 0.1) is 0 Å². The molecule has 0 aromatic heterocycles. The number of aliphatic imine (C=N–C) groups is 1. The monoisotopic (exact) mass is 311 g/mol. The third kappa shape index (κ3) is 8.58. The molecule has 0 amide bonds. The predicted octanol–water partition coefficient (Wildman–Crippen LogP) is 2.86. The van der Waals surface area contributed by atoms with Gasteiger partial charge in [0.2, 0.25) is 0 Å². The van der Waals surface area contributed by atoms with Gasteiger partial charge in [0.25, 0.3) is 0 Å². The number of nitrogens with zero attached hydrogens (tertiary/aromatic N) is 1. The second-order valence-electron chi connectivity index (χ2n) is 4.77. The highest BCUT2D eigenvalue weighted by molar-refractivity contribution is 6.30. The summed E-state index contributed by atoms with van der Waals surface area (Å²) in [6.45, 7) is 5.30. The number of guanidine groups is 1. The van der Waals surface area contributed by atoms with Crippen LogP contribution in [0.5, 0.6) is 0 Å². The standard InChI is InChI=1S/C16H26ClN3O/c1-3-4-12-21-13-11-20-16(18-2)19-10-9-14-5-7-15(17)8-6-14/h5-8H,3-4,9-13H2,1-2H3,(H2,18,19,20). The van der Waals surface area contributed by atoms with Gasteiger partial charge >= 0.3 is 0 Å². The van der Waals surface area contributed by atoms with Gasteiger partial charge in [-0.25, -0.2) is 0 Å². The minimum atomic E-state index is 0.706. The minimum absolute atomic E-state index is 0.706. The van der Waals surface area contributed by atoms with Gasteiger partial charge in [0.05, 0.1) is 6.61 Å². The maximum Gasteiger partial charge on any atom is 0.191 e. The number of nitrogens with one attached hydrogen (secondary N) is 2. The van der Waals surface area contributed by atoms with Crippen molar-refractivity contribution in [2.75, 3.05) is 33.4 Å². The van der Waals surface area contributed by atoms with E-state index in [0.717, 1.165) is 43.5 Å². The molecule has 0 fully saturated rings. The van der Waals surface area contributed by atoms with Crippen molar-refractivity contribution >= 4 is 17.6 Å². The van der Waals surface area contributed by atoms with Gasteiger partial charge in [-0.05, 0) is 30.5 Å². The molecule has 0 radical (unpaired) electrons. The molecule has 0 heterocycles. The van der Waals surface area contributed by atoms with Gasteiger partial charge in [-0.15, -0.1) is 0 Å². The zero-order valence-corrected chi connectivity index (χ0v) is 13.7. The second kappa shape index (κ2) is 11.4. The van der Waals surface area contributed by atoms with Crippen molar-refractivity contribution in [3.8, 4) is 0 Å². The summed E-state index contributed by atoms with van der Waals surface area (Å²) >= 11 is 5.86. The van der Waals surface area contributed by atoms with Crippen molar-refractivity contribution < 1.29 is 4.74 Å². The minimum Gasteiger partial charge on any atom is -0.380 e. The van der Waals surface area contributed by atoms with E-state index in [-0.39, 0.29) is 0 Å². The Morgan fingerprint density at radius 3 is 2.52 bits per heavy atom. The lowest BCUT2D eigenvalue weighted by atomic mass is 10.1. The molecule has 2 N–H and O–H groups in total. The molecule has 0 aliphatic rings. The Hall–Kier alpha value is -1.26. The van der Waals surface area contributed by atoms with Gasteiger partial charge in [-0.3, -0.25) is 4.99 Å². The molecule has 0 saturated heterocycles. The molecule has 21 heavy (non-hydrogen) atoms. The summed E-state index contributed by atoms with van der Waals surface area (Å²) in [4.78, 5) is 4.19. The number of halogens is 1. The van der Waals surface area contributed by atoms with E-state index in [4.69, 9.17) is 16.3 Å². The Bertz CT molecular complexity index is 406. The zero-order chi connectivity index (χ0) is 15.3. The predicted molar refractivity (Wildman–Crippen MR) is 90.2 cm³/mol. The van der Waals surface area contributed by atoms with Gasteiger partial charge in [0, 0.05) is 31.8 Å². The van der Waals surface area contributed by atoms with Gasteiger partial charge in [-0.2, -0.15) is 0 Å². The first-order chi connectivity index (χ1) is 10.3. The lowest BCUT2D eigenvalue weighted by Gasteiger charge is -2.12. The average Bonchev–Trinajstić information content (AvgIpc) is 2.50. The molecule has 0 spiro atoms. The fourth-order valence-corrected chi connectivity index (χ4v) is 1.91. The maximum atomic E-state index is 5.86. The Morgan fingerprint density at radius 1 is 1.14 bits per heavy atom. The fourth-order valence-electron chi connectivity index (χ4n) is 1.79. The summed E-state index contributed by atoms with van der Waals surface area (Å²) in [6, 6.07) is 7.92. The van der Waals surface area contributed by atoms with Gasteiger partial charge < -0.3 is 15.4 Å². The fraction of sp³-hybridized carbons (Fsp3) is 0.562. The molecule has 5 heteroatoms. The molecule has 0 aliphatic carbocycles. The first kappa shape index (κ1) is 17.8. The molecular formula is C16H26ClN3O. The quantitative estimate of drug-likeness (QED) is 0.419. The Kier molecular flexibility index (Phi) is 9.66. The van der Waals surface area contributed by atoms with Crippen LogP contribution in [0.3, 0.4) is 0 Å². The summed E-state index contributed by atoms with van der Waals surface area (Å²) in [5.74, 6) is 0.808. The van der Waals surface area contributed by atoms with E-state index in [0.29, 0.717) is 6.61 Å². The highest BCUT2D eigenvalue weighted by atomic mass is 35.5. The lowest BCUT2D eigenvalue weighted by molar-refractivity contribution is 0.136. The van der Waals surface area contributed by atoms with E-state index >= 15 is 0 Å². The van der Waals surface area contributed by atoms with Crippen LogP contribution < -0.4 is 10.6 Å². The van der Waals surface area contributed by atoms with E-state index in [1.807, 2.05) is 24.3 Å². The number of hydrogen-bond acceptors (Lipinski definition) is 2. The molecular weight excluding hydrogens is 286 g/mol. The van der Waals surface area contributed by atoms with Gasteiger partial charge in [0.1, 0.15) is 0 Å². The molecule has 1 aromatic rings. The smallest absolute Gasteiger partial charge is 0.191 e. The number of hydrogen-bond donors (Lipinski definition) is 2. The van der Waals surface area contributed by atoms with Crippen LogP contribution in [0.1, 0.15) is 25.3 Å². The molecule has 4 nitrogen and oxygen atoms in total. The topological polar surface area (TPSA) is 45.6 Å². The van der Waals surface area contributed by atoms with E-state index in [1.54, 1.807) is 7.05 Å². The Labute approximate surface area is 132 Å². The number of benzene rings is 1. The normalized spacial score (nSPS) is 11.5. The first-order valence-corrected chi connectivity index (χ1v) is 7.90. The summed E-state index contributed by atoms with van der Waals surface area (Å²) in [5.41, 5.74) is 1.25. The lowest BCUT2D eigenvalue weighted by Crippen LogP contribution is -2.39. The summed E-state index contributed by atoms with van der Waals surface area (Å²) in [7, 11) is 1.77. The number of rotatable bonds is 9. The van der Waals surface area contributed by atoms with Crippen molar-refractivity contribution in [3.63, 3.8) is 0 Å². The van der Waals surface area contributed by atoms with Crippen LogP contribution in [0.25, 0.3) is 0 Å². The van der Waals surface area contributed by atoms with Crippen molar-refractivity contribution in [1.29, 1.82) is 0 Å². The van der Waals surface area contributed by atoms with Crippen LogP contribution in [0.15, 0.2) is 29.3 Å². The highest BCUT2D eigenvalue weighted by Gasteiger charge is 1.98. The molecule has 0 saturated carbocycles. The summed E-state index contributed by atoms with van der Waals surface area (Å²) < 4.78 is 5.50. The molecule has 0 unspecified atom stereocenters. The van der Waals surface area contributed by atoms with Gasteiger partial charge in [-0.1, -0.05) is 37.1 Å². The van der Waals surface area contributed by atoms with Crippen LogP contribution in [0.4, 0.5) is 0 Å². The van der Waals surface area contributed by atoms with Crippen LogP contribution in [-0.4, -0.2) is 39.3 Å². The summed E-state index contributed by atoms with van der Waals surface area (Å²) in [6.07, 6.45) is 3.22. The van der Waals surface area contributed by atoms with Crippen molar-refractivity contribution in [1.82, 2.24) is 10.6 Å². The number of ether oxygens (including phenoxy) is 1. The van der Waals surface area contributed by atoms with Crippen molar-refractivity contribution in [3.05, 3.63) is 34.9 Å². The Morgan fingerprint density at radius 2 is 1.86 bits per heavy atom. The average molecular weight is 312 g/mol. The number of unbranched alkanes of at least 4 members (excludes halogenated alkanes) is 1. The van der Waals surface area contributed by atoms with Crippen molar-refractivity contribution in [2.45, 2.75) is 26.2 Å². The molecule has 118 valence electrons. The Balaban J connectivity index is 2.12. The second-order valence-corrected chi connectivity index (χ2v) is 5.20. The zero-order valence-electron chi connectivity index (χ0n) is 13.0. The molecule has 0 aliphatic heterocycles. The SMILES string of the molecule is CCCCOCCNC(=NC)NCCc1ccc(Cl)cc1. The van der Waals surface area contributed by atoms with Crippen LogP contribution >= 0.6 is 11.6 Å². The molecule has 0 atom stereocenters. The molecule has 1 rings (SSSR count). The molecule has 1 aromatic carbocycles. The largest absolute Gasteiger partial charge is 0.380 e. The van der Waals surface area contributed by atoms with Gasteiger partial charge in [0.15, 0.2) is 5.96 Å². The van der Waals surface area contributed by atoms with Crippen LogP contribution in [0.2, 0.25) is 5.02 Å². The molecule has 0 bridgehead atoms. The van der Waals surface area contributed by atoms with Crippen molar-refractivity contribution in [2.24, 2.45) is 4.99 Å². The third-order valence-corrected chi connectivity index (χ3v) is 3.28. The van der Waals surface area contributed by atoms with E-state index in [2.05, 4.69) is 22.5 Å². The third-order valence-electron chi connectivity index (χ3n) is 3.02. The highest BCUT2D eigenvalue weighted by Crippen LogP contribution is 2.09.